The summed E-state index contributed by atoms with van der Waals surface area (Å²) in [7, 11) is 3.13. The van der Waals surface area contributed by atoms with Crippen molar-refractivity contribution < 1.29 is 28.9 Å². The zero-order valence-corrected chi connectivity index (χ0v) is 21.7. The molecular formula is C29H24N2O6S. The third-order valence-corrected chi connectivity index (χ3v) is 7.83. The molecule has 2 atom stereocenters. The van der Waals surface area contributed by atoms with E-state index in [1.165, 1.54) is 16.2 Å². The molecule has 0 bridgehead atoms. The number of anilines is 1. The van der Waals surface area contributed by atoms with Crippen molar-refractivity contribution in [3.05, 3.63) is 82.9 Å². The highest BCUT2D eigenvalue weighted by Gasteiger charge is 2.48. The Morgan fingerprint density at radius 2 is 1.84 bits per heavy atom. The number of carbonyl (C=O) groups excluding carboxylic acids is 2. The summed E-state index contributed by atoms with van der Waals surface area (Å²) in [6, 6.07) is 16.9. The van der Waals surface area contributed by atoms with Crippen LogP contribution in [0.25, 0.3) is 16.0 Å². The summed E-state index contributed by atoms with van der Waals surface area (Å²) in [5.74, 6) is 0.188. The molecular weight excluding hydrogens is 504 g/mol. The standard InChI is InChI=1S/C29H24N2O6S/c1-15-11-18-12-17(7-10-22(18)37-15)26(32)24-25(16-5-4-6-19(13-16)35-2)31(28(34)27(24)33)29-30-21-9-8-20(36-3)14-23(21)38-29/h4-10,12-15,25,32H,11H2,1-3H3/b26-24+/t15-,25+/m1/s1. The highest BCUT2D eigenvalue weighted by molar-refractivity contribution is 7.22. The minimum Gasteiger partial charge on any atom is -0.507 e. The Bertz CT molecular complexity index is 1640. The molecule has 8 nitrogen and oxygen atoms in total. The SMILES string of the molecule is COc1cccc([C@H]2/C(=C(\O)c3ccc4c(c3)C[C@@H](C)O4)C(=O)C(=O)N2c2nc3ccc(OC)cc3s2)c1. The molecule has 6 rings (SSSR count). The maximum Gasteiger partial charge on any atom is 0.301 e. The number of methoxy groups -OCH3 is 2. The second-order valence-electron chi connectivity index (χ2n) is 9.23. The zero-order valence-electron chi connectivity index (χ0n) is 20.9. The summed E-state index contributed by atoms with van der Waals surface area (Å²) in [5, 5.41) is 11.9. The van der Waals surface area contributed by atoms with Gasteiger partial charge in [-0.3, -0.25) is 14.5 Å². The van der Waals surface area contributed by atoms with Crippen molar-refractivity contribution in [3.63, 3.8) is 0 Å². The quantitative estimate of drug-likeness (QED) is 0.214. The first-order valence-electron chi connectivity index (χ1n) is 12.1. The third kappa shape index (κ3) is 3.86. The third-order valence-electron chi connectivity index (χ3n) is 6.81. The van der Waals surface area contributed by atoms with Gasteiger partial charge in [0.25, 0.3) is 5.78 Å². The molecule has 9 heteroatoms. The molecule has 4 aromatic rings. The van der Waals surface area contributed by atoms with Crippen LogP contribution < -0.4 is 19.1 Å². The molecule has 0 radical (unpaired) electrons. The van der Waals surface area contributed by atoms with Crippen molar-refractivity contribution in [2.24, 2.45) is 0 Å². The van der Waals surface area contributed by atoms with Crippen LogP contribution >= 0.6 is 11.3 Å². The van der Waals surface area contributed by atoms with Crippen molar-refractivity contribution in [2.45, 2.75) is 25.5 Å². The number of fused-ring (bicyclic) bond motifs is 2. The molecule has 0 saturated carbocycles. The van der Waals surface area contributed by atoms with Gasteiger partial charge in [0.15, 0.2) is 5.13 Å². The van der Waals surface area contributed by atoms with Gasteiger partial charge in [-0.15, -0.1) is 0 Å². The highest BCUT2D eigenvalue weighted by atomic mass is 32.1. The van der Waals surface area contributed by atoms with Gasteiger partial charge in [0, 0.05) is 12.0 Å². The number of carbonyl (C=O) groups is 2. The number of ether oxygens (including phenoxy) is 3. The lowest BCUT2D eigenvalue weighted by Gasteiger charge is -2.23. The van der Waals surface area contributed by atoms with Crippen LogP contribution in [-0.4, -0.2) is 42.1 Å². The van der Waals surface area contributed by atoms with E-state index in [4.69, 9.17) is 14.2 Å². The van der Waals surface area contributed by atoms with E-state index >= 15 is 0 Å². The molecule has 1 amide bonds. The zero-order chi connectivity index (χ0) is 26.6. The van der Waals surface area contributed by atoms with Crippen molar-refractivity contribution in [3.8, 4) is 17.2 Å². The number of benzene rings is 3. The highest BCUT2D eigenvalue weighted by Crippen LogP contribution is 2.45. The molecule has 3 heterocycles. The van der Waals surface area contributed by atoms with Crippen molar-refractivity contribution in [2.75, 3.05) is 19.1 Å². The summed E-state index contributed by atoms with van der Waals surface area (Å²) in [4.78, 5) is 33.1. The van der Waals surface area contributed by atoms with Gasteiger partial charge in [-0.25, -0.2) is 4.98 Å². The van der Waals surface area contributed by atoms with Gasteiger partial charge < -0.3 is 19.3 Å². The first kappa shape index (κ1) is 24.0. The Hall–Kier alpha value is -4.37. The van der Waals surface area contributed by atoms with Crippen LogP contribution in [0.3, 0.4) is 0 Å². The molecule has 0 unspecified atom stereocenters. The van der Waals surface area contributed by atoms with Crippen LogP contribution in [0.4, 0.5) is 5.13 Å². The number of ketones is 1. The maximum atomic E-state index is 13.5. The fourth-order valence-corrected chi connectivity index (χ4v) is 6.03. The number of hydrogen-bond donors (Lipinski definition) is 1. The number of hydrogen-bond acceptors (Lipinski definition) is 8. The lowest BCUT2D eigenvalue weighted by molar-refractivity contribution is -0.132. The van der Waals surface area contributed by atoms with Crippen LogP contribution in [0.2, 0.25) is 0 Å². The van der Waals surface area contributed by atoms with Crippen LogP contribution in [0.5, 0.6) is 17.2 Å². The number of thiazole rings is 1. The summed E-state index contributed by atoms with van der Waals surface area (Å²) >= 11 is 1.27. The van der Waals surface area contributed by atoms with E-state index in [0.717, 1.165) is 16.0 Å². The van der Waals surface area contributed by atoms with E-state index in [1.807, 2.05) is 19.1 Å². The lowest BCUT2D eigenvalue weighted by atomic mass is 9.94. The summed E-state index contributed by atoms with van der Waals surface area (Å²) in [5.41, 5.74) is 2.66. The molecule has 2 aliphatic rings. The van der Waals surface area contributed by atoms with Gasteiger partial charge in [0.1, 0.15) is 29.1 Å². The topological polar surface area (TPSA) is 98.2 Å². The lowest BCUT2D eigenvalue weighted by Crippen LogP contribution is -2.29. The fourth-order valence-electron chi connectivity index (χ4n) is 5.00. The smallest absolute Gasteiger partial charge is 0.301 e. The number of aliphatic hydroxyl groups is 1. The van der Waals surface area contributed by atoms with Crippen molar-refractivity contribution >= 4 is 44.1 Å². The first-order valence-corrected chi connectivity index (χ1v) is 12.9. The van der Waals surface area contributed by atoms with E-state index in [9.17, 15) is 14.7 Å². The minimum atomic E-state index is -0.906. The fraction of sp³-hybridized carbons (Fsp3) is 0.207. The normalized spacial score (nSPS) is 20.0. The predicted molar refractivity (Wildman–Crippen MR) is 144 cm³/mol. The minimum absolute atomic E-state index is 0.00740. The molecule has 1 aromatic heterocycles. The monoisotopic (exact) mass is 528 g/mol. The number of amides is 1. The summed E-state index contributed by atoms with van der Waals surface area (Å²) < 4.78 is 17.3. The molecule has 0 aliphatic carbocycles. The molecule has 1 saturated heterocycles. The van der Waals surface area contributed by atoms with Gasteiger partial charge in [-0.2, -0.15) is 0 Å². The molecule has 1 N–H and O–H groups in total. The van der Waals surface area contributed by atoms with Crippen molar-refractivity contribution in [1.82, 2.24) is 4.98 Å². The molecule has 2 aliphatic heterocycles. The predicted octanol–water partition coefficient (Wildman–Crippen LogP) is 5.26. The molecule has 0 spiro atoms. The second-order valence-corrected chi connectivity index (χ2v) is 10.2. The Balaban J connectivity index is 1.53. The molecule has 1 fully saturated rings. The number of nitrogens with zero attached hydrogens (tertiary/aromatic N) is 2. The second kappa shape index (κ2) is 9.18. The molecule has 3 aromatic carbocycles. The Labute approximate surface area is 222 Å². The number of aromatic nitrogens is 1. The van der Waals surface area contributed by atoms with E-state index in [-0.39, 0.29) is 17.4 Å². The van der Waals surface area contributed by atoms with Crippen LogP contribution in [0, 0.1) is 0 Å². The molecule has 38 heavy (non-hydrogen) atoms. The van der Waals surface area contributed by atoms with E-state index < -0.39 is 17.7 Å². The average Bonchev–Trinajstić information content (AvgIpc) is 3.59. The number of Topliss-reactive ketones (excluding diaryl/α,β-unsaturated/α-hetero) is 1. The van der Waals surface area contributed by atoms with Crippen molar-refractivity contribution in [1.29, 1.82) is 0 Å². The van der Waals surface area contributed by atoms with E-state index in [2.05, 4.69) is 4.98 Å². The van der Waals surface area contributed by atoms with Gasteiger partial charge in [0.05, 0.1) is 36.1 Å². The van der Waals surface area contributed by atoms with Crippen LogP contribution in [0.15, 0.2) is 66.2 Å². The average molecular weight is 529 g/mol. The van der Waals surface area contributed by atoms with E-state index in [1.54, 1.807) is 62.8 Å². The Morgan fingerprint density at radius 1 is 1.05 bits per heavy atom. The Kier molecular flexibility index (Phi) is 5.80. The maximum absolute atomic E-state index is 13.5. The Morgan fingerprint density at radius 3 is 2.63 bits per heavy atom. The number of rotatable bonds is 5. The van der Waals surface area contributed by atoms with Gasteiger partial charge in [0.2, 0.25) is 0 Å². The molecule has 192 valence electrons. The van der Waals surface area contributed by atoms with Crippen LogP contribution in [-0.2, 0) is 16.0 Å². The summed E-state index contributed by atoms with van der Waals surface area (Å²) in [6.07, 6.45) is 0.724. The van der Waals surface area contributed by atoms with Gasteiger partial charge >= 0.3 is 5.91 Å². The van der Waals surface area contributed by atoms with Gasteiger partial charge in [-0.1, -0.05) is 23.5 Å². The van der Waals surface area contributed by atoms with E-state index in [0.29, 0.717) is 39.7 Å². The van der Waals surface area contributed by atoms with Crippen LogP contribution in [0.1, 0.15) is 29.7 Å². The first-order chi connectivity index (χ1) is 18.4. The van der Waals surface area contributed by atoms with Gasteiger partial charge in [-0.05, 0) is 66.6 Å². The summed E-state index contributed by atoms with van der Waals surface area (Å²) in [6.45, 7) is 1.97. The number of aliphatic hydroxyl groups excluding tert-OH is 1. The largest absolute Gasteiger partial charge is 0.507 e.